The fraction of sp³-hybridized carbons (Fsp3) is 0.571. The maximum Gasteiger partial charge on any atom is 0.180 e. The molecule has 1 heterocycles. The molecule has 0 aliphatic heterocycles. The number of nitrogens with zero attached hydrogens (tertiary/aromatic N) is 1. The molecular formula is C7H14N2O. The number of oxazole rings is 1. The Bertz CT molecular complexity index is 137. The molecule has 10 heavy (non-hydrogen) atoms. The van der Waals surface area contributed by atoms with Crippen molar-refractivity contribution in [1.82, 2.24) is 10.3 Å². The molecule has 0 unspecified atom stereocenters. The molecule has 1 rings (SSSR count). The van der Waals surface area contributed by atoms with E-state index in [0.29, 0.717) is 0 Å². The lowest BCUT2D eigenvalue weighted by Gasteiger charge is -1.87. The van der Waals surface area contributed by atoms with Gasteiger partial charge in [0.25, 0.3) is 0 Å². The smallest absolute Gasteiger partial charge is 0.180 e. The summed E-state index contributed by atoms with van der Waals surface area (Å²) in [6.45, 7) is 4.75. The van der Waals surface area contributed by atoms with E-state index >= 15 is 0 Å². The molecule has 0 atom stereocenters. The Labute approximate surface area is 61.5 Å². The van der Waals surface area contributed by atoms with Crippen LogP contribution in [0.3, 0.4) is 0 Å². The molecule has 1 N–H and O–H groups in total. The summed E-state index contributed by atoms with van der Waals surface area (Å²) in [6, 6.07) is 0. The number of aromatic nitrogens is 1. The van der Waals surface area contributed by atoms with E-state index in [0.717, 1.165) is 12.3 Å². The van der Waals surface area contributed by atoms with Crippen LogP contribution in [0.15, 0.2) is 17.0 Å². The normalized spacial score (nSPS) is 8.30. The van der Waals surface area contributed by atoms with E-state index < -0.39 is 0 Å². The predicted molar refractivity (Wildman–Crippen MR) is 40.6 cm³/mol. The molecule has 0 aliphatic rings. The topological polar surface area (TPSA) is 38.1 Å². The Morgan fingerprint density at radius 1 is 1.60 bits per heavy atom. The van der Waals surface area contributed by atoms with Gasteiger partial charge in [-0.05, 0) is 7.05 Å². The highest BCUT2D eigenvalue weighted by atomic mass is 16.3. The van der Waals surface area contributed by atoms with E-state index in [1.54, 1.807) is 6.20 Å². The predicted octanol–water partition coefficient (Wildman–Crippen LogP) is 1.42. The molecule has 1 aromatic rings. The molecule has 0 aliphatic carbocycles. The molecule has 3 heteroatoms. The third-order valence-corrected chi connectivity index (χ3v) is 0.834. The molecule has 0 bridgehead atoms. The second-order valence-electron chi connectivity index (χ2n) is 1.50. The van der Waals surface area contributed by atoms with Crippen molar-refractivity contribution in [2.75, 3.05) is 7.05 Å². The van der Waals surface area contributed by atoms with Gasteiger partial charge in [-0.3, -0.25) is 0 Å². The zero-order valence-electron chi connectivity index (χ0n) is 6.72. The Morgan fingerprint density at radius 2 is 2.30 bits per heavy atom. The molecule has 1 aromatic heterocycles. The van der Waals surface area contributed by atoms with Crippen molar-refractivity contribution in [2.45, 2.75) is 20.4 Å². The second-order valence-corrected chi connectivity index (χ2v) is 1.50. The minimum atomic E-state index is 0.750. The van der Waals surface area contributed by atoms with E-state index in [-0.39, 0.29) is 0 Å². The van der Waals surface area contributed by atoms with Crippen LogP contribution in [-0.4, -0.2) is 12.0 Å². The van der Waals surface area contributed by atoms with E-state index in [4.69, 9.17) is 4.42 Å². The van der Waals surface area contributed by atoms with Crippen molar-refractivity contribution in [3.63, 3.8) is 0 Å². The van der Waals surface area contributed by atoms with Crippen LogP contribution in [0.1, 0.15) is 19.6 Å². The summed E-state index contributed by atoms with van der Waals surface area (Å²) in [5.41, 5.74) is 0. The van der Waals surface area contributed by atoms with E-state index in [1.165, 1.54) is 6.39 Å². The van der Waals surface area contributed by atoms with Crippen molar-refractivity contribution in [2.24, 2.45) is 0 Å². The summed E-state index contributed by atoms with van der Waals surface area (Å²) in [5, 5.41) is 2.94. The highest BCUT2D eigenvalue weighted by Crippen LogP contribution is 1.92. The lowest BCUT2D eigenvalue weighted by Crippen LogP contribution is -2.03. The van der Waals surface area contributed by atoms with Gasteiger partial charge in [0.15, 0.2) is 6.39 Å². The summed E-state index contributed by atoms with van der Waals surface area (Å²) in [4.78, 5) is 3.73. The van der Waals surface area contributed by atoms with Gasteiger partial charge < -0.3 is 9.73 Å². The second kappa shape index (κ2) is 6.29. The van der Waals surface area contributed by atoms with Crippen LogP contribution < -0.4 is 5.32 Å². The largest absolute Gasteiger partial charge is 0.447 e. The molecule has 0 saturated carbocycles. The van der Waals surface area contributed by atoms with Gasteiger partial charge in [-0.1, -0.05) is 13.8 Å². The summed E-state index contributed by atoms with van der Waals surface area (Å²) in [6.07, 6.45) is 3.11. The van der Waals surface area contributed by atoms with Crippen molar-refractivity contribution in [3.05, 3.63) is 18.4 Å². The van der Waals surface area contributed by atoms with Crippen molar-refractivity contribution < 1.29 is 4.42 Å². The minimum absolute atomic E-state index is 0.750. The molecular weight excluding hydrogens is 128 g/mol. The third kappa shape index (κ3) is 3.25. The summed E-state index contributed by atoms with van der Waals surface area (Å²) < 4.78 is 4.90. The molecule has 0 aromatic carbocycles. The quantitative estimate of drug-likeness (QED) is 0.678. The first-order chi connectivity index (χ1) is 4.93. The zero-order chi connectivity index (χ0) is 7.82. The first-order valence-corrected chi connectivity index (χ1v) is 3.45. The molecule has 0 amide bonds. The van der Waals surface area contributed by atoms with E-state index in [1.807, 2.05) is 20.9 Å². The van der Waals surface area contributed by atoms with Gasteiger partial charge >= 0.3 is 0 Å². The molecule has 3 nitrogen and oxygen atoms in total. The monoisotopic (exact) mass is 142 g/mol. The van der Waals surface area contributed by atoms with Gasteiger partial charge in [0, 0.05) is 0 Å². The maximum absolute atomic E-state index is 4.90. The third-order valence-electron chi connectivity index (χ3n) is 0.834. The SMILES string of the molecule is CC.CNCc1cnco1. The van der Waals surface area contributed by atoms with E-state index in [9.17, 15) is 0 Å². The minimum Gasteiger partial charge on any atom is -0.447 e. The van der Waals surface area contributed by atoms with Gasteiger partial charge in [-0.15, -0.1) is 0 Å². The number of hydrogen-bond donors (Lipinski definition) is 1. The first-order valence-electron chi connectivity index (χ1n) is 3.45. The summed E-state index contributed by atoms with van der Waals surface area (Å²) in [7, 11) is 1.86. The van der Waals surface area contributed by atoms with Crippen LogP contribution in [0.25, 0.3) is 0 Å². The summed E-state index contributed by atoms with van der Waals surface area (Å²) in [5.74, 6) is 0.868. The lowest BCUT2D eigenvalue weighted by molar-refractivity contribution is 0.490. The van der Waals surface area contributed by atoms with Gasteiger partial charge in [0.2, 0.25) is 0 Å². The molecule has 58 valence electrons. The van der Waals surface area contributed by atoms with E-state index in [2.05, 4.69) is 10.3 Å². The Balaban J connectivity index is 0.000000371. The average Bonchev–Trinajstić information content (AvgIpc) is 2.46. The van der Waals surface area contributed by atoms with Crippen LogP contribution >= 0.6 is 0 Å². The number of hydrogen-bond acceptors (Lipinski definition) is 3. The lowest BCUT2D eigenvalue weighted by atomic mass is 10.5. The number of nitrogens with one attached hydrogen (secondary N) is 1. The van der Waals surface area contributed by atoms with Crippen LogP contribution in [0, 0.1) is 0 Å². The van der Waals surface area contributed by atoms with Crippen molar-refractivity contribution in [3.8, 4) is 0 Å². The molecule has 0 fully saturated rings. The molecule has 0 spiro atoms. The maximum atomic E-state index is 4.90. The van der Waals surface area contributed by atoms with Gasteiger partial charge in [0.05, 0.1) is 12.7 Å². The average molecular weight is 142 g/mol. The van der Waals surface area contributed by atoms with Gasteiger partial charge in [0.1, 0.15) is 5.76 Å². The fourth-order valence-corrected chi connectivity index (χ4v) is 0.504. The summed E-state index contributed by atoms with van der Waals surface area (Å²) >= 11 is 0. The fourth-order valence-electron chi connectivity index (χ4n) is 0.504. The molecule has 0 saturated heterocycles. The van der Waals surface area contributed by atoms with Crippen LogP contribution in [-0.2, 0) is 6.54 Å². The molecule has 0 radical (unpaired) electrons. The van der Waals surface area contributed by atoms with Crippen molar-refractivity contribution >= 4 is 0 Å². The van der Waals surface area contributed by atoms with Crippen LogP contribution in [0.5, 0.6) is 0 Å². The standard InChI is InChI=1S/C5H8N2O.C2H6/c1-6-2-5-3-7-4-8-5;1-2/h3-4,6H,2H2,1H3;1-2H3. The highest BCUT2D eigenvalue weighted by Gasteiger charge is 1.89. The van der Waals surface area contributed by atoms with Gasteiger partial charge in [-0.25, -0.2) is 4.98 Å². The number of rotatable bonds is 2. The first kappa shape index (κ1) is 9.17. The van der Waals surface area contributed by atoms with Crippen molar-refractivity contribution in [1.29, 1.82) is 0 Å². The van der Waals surface area contributed by atoms with Crippen LogP contribution in [0.2, 0.25) is 0 Å². The van der Waals surface area contributed by atoms with Gasteiger partial charge in [-0.2, -0.15) is 0 Å². The zero-order valence-corrected chi connectivity index (χ0v) is 6.72. The Hall–Kier alpha value is -0.830. The Morgan fingerprint density at radius 3 is 2.70 bits per heavy atom. The highest BCUT2D eigenvalue weighted by molar-refractivity contribution is 4.86. The van der Waals surface area contributed by atoms with Crippen LogP contribution in [0.4, 0.5) is 0 Å². The Kier molecular flexibility index (Phi) is 5.77.